The molecule has 30 heavy (non-hydrogen) atoms. The molecule has 0 bridgehead atoms. The molecule has 0 radical (unpaired) electrons. The number of phenolic OH excluding ortho intramolecular Hbond substituents is 2. The molecular weight excluding hydrogens is 378 g/mol. The van der Waals surface area contributed by atoms with Gasteiger partial charge >= 0.3 is 0 Å². The zero-order valence-corrected chi connectivity index (χ0v) is 15.9. The molecule has 2 aromatic heterocycles. The number of rotatable bonds is 3. The highest BCUT2D eigenvalue weighted by Gasteiger charge is 2.17. The van der Waals surface area contributed by atoms with Crippen LogP contribution in [0.4, 0.5) is 0 Å². The molecular formula is C24H17N3O3. The van der Waals surface area contributed by atoms with Crippen LogP contribution < -0.4 is 5.56 Å². The van der Waals surface area contributed by atoms with Gasteiger partial charge < -0.3 is 10.2 Å². The van der Waals surface area contributed by atoms with Gasteiger partial charge in [-0.25, -0.2) is 4.98 Å². The fourth-order valence-electron chi connectivity index (χ4n) is 3.71. The van der Waals surface area contributed by atoms with Gasteiger partial charge in [-0.2, -0.15) is 0 Å². The number of phenols is 2. The average Bonchev–Trinajstić information content (AvgIpc) is 2.78. The molecule has 0 atom stereocenters. The Kier molecular flexibility index (Phi) is 4.17. The Morgan fingerprint density at radius 2 is 1.57 bits per heavy atom. The Morgan fingerprint density at radius 3 is 2.43 bits per heavy atom. The Hall–Kier alpha value is -4.19. The first-order valence-corrected chi connectivity index (χ1v) is 9.47. The highest BCUT2D eigenvalue weighted by atomic mass is 16.3. The monoisotopic (exact) mass is 395 g/mol. The number of fused-ring (bicyclic) bond motifs is 2. The highest BCUT2D eigenvalue weighted by molar-refractivity contribution is 5.87. The van der Waals surface area contributed by atoms with Crippen molar-refractivity contribution in [2.24, 2.45) is 0 Å². The van der Waals surface area contributed by atoms with Gasteiger partial charge in [0.05, 0.1) is 23.0 Å². The van der Waals surface area contributed by atoms with Crippen LogP contribution in [-0.4, -0.2) is 24.7 Å². The number of hydrogen-bond donors (Lipinski definition) is 2. The van der Waals surface area contributed by atoms with Crippen molar-refractivity contribution in [3.05, 3.63) is 94.9 Å². The third-order valence-electron chi connectivity index (χ3n) is 5.17. The minimum atomic E-state index is -0.205. The number of pyridine rings is 1. The zero-order valence-electron chi connectivity index (χ0n) is 15.9. The van der Waals surface area contributed by atoms with Crippen molar-refractivity contribution in [2.75, 3.05) is 0 Å². The van der Waals surface area contributed by atoms with E-state index in [0.29, 0.717) is 27.8 Å². The van der Waals surface area contributed by atoms with E-state index >= 15 is 0 Å². The van der Waals surface area contributed by atoms with Gasteiger partial charge in [-0.1, -0.05) is 36.4 Å². The van der Waals surface area contributed by atoms with Crippen molar-refractivity contribution in [2.45, 2.75) is 6.54 Å². The molecule has 6 heteroatoms. The van der Waals surface area contributed by atoms with Crippen LogP contribution in [0.1, 0.15) is 5.56 Å². The number of aromatic nitrogens is 3. The Bertz CT molecular complexity index is 1470. The lowest BCUT2D eigenvalue weighted by molar-refractivity contribution is 0.476. The number of hydrogen-bond acceptors (Lipinski definition) is 5. The average molecular weight is 395 g/mol. The normalized spacial score (nSPS) is 11.2. The van der Waals surface area contributed by atoms with E-state index in [-0.39, 0.29) is 23.6 Å². The minimum Gasteiger partial charge on any atom is -0.507 e. The van der Waals surface area contributed by atoms with Gasteiger partial charge in [0.2, 0.25) is 0 Å². The lowest BCUT2D eigenvalue weighted by Gasteiger charge is -2.16. The van der Waals surface area contributed by atoms with Crippen molar-refractivity contribution in [1.29, 1.82) is 0 Å². The van der Waals surface area contributed by atoms with Crippen LogP contribution in [-0.2, 0) is 6.54 Å². The molecule has 5 rings (SSSR count). The Balaban J connectivity index is 1.80. The summed E-state index contributed by atoms with van der Waals surface area (Å²) >= 11 is 0. The van der Waals surface area contributed by atoms with E-state index in [1.165, 1.54) is 0 Å². The molecule has 0 aliphatic carbocycles. The molecule has 5 aromatic rings. The molecule has 0 saturated heterocycles. The predicted octanol–water partition coefficient (Wildman–Crippen LogP) is 4.07. The maximum atomic E-state index is 13.4. The smallest absolute Gasteiger partial charge is 0.261 e. The third-order valence-corrected chi connectivity index (χ3v) is 5.17. The summed E-state index contributed by atoms with van der Waals surface area (Å²) in [5.41, 5.74) is 2.12. The van der Waals surface area contributed by atoms with Crippen LogP contribution in [0.5, 0.6) is 11.5 Å². The largest absolute Gasteiger partial charge is 0.507 e. The van der Waals surface area contributed by atoms with Crippen molar-refractivity contribution in [3.63, 3.8) is 0 Å². The summed E-state index contributed by atoms with van der Waals surface area (Å²) in [4.78, 5) is 22.4. The van der Waals surface area contributed by atoms with E-state index in [1.807, 2.05) is 12.1 Å². The summed E-state index contributed by atoms with van der Waals surface area (Å²) < 4.78 is 1.55. The molecule has 0 unspecified atom stereocenters. The van der Waals surface area contributed by atoms with E-state index in [4.69, 9.17) is 4.98 Å². The summed E-state index contributed by atoms with van der Waals surface area (Å²) in [6.07, 6.45) is 1.61. The molecule has 3 aromatic carbocycles. The molecule has 0 saturated carbocycles. The molecule has 0 fully saturated rings. The Labute approximate surface area is 171 Å². The number of para-hydroxylation sites is 2. The standard InChI is InChI=1S/C24H17N3O3/c28-20-10-4-2-7-18(20)23-26-19-9-3-1-6-17(19)24(30)27(23)14-15-11-12-21(29)22-16(15)8-5-13-25-22/h1-13,28-29H,14H2. The van der Waals surface area contributed by atoms with Crippen LogP contribution in [0.2, 0.25) is 0 Å². The lowest BCUT2D eigenvalue weighted by Crippen LogP contribution is -2.24. The van der Waals surface area contributed by atoms with Crippen LogP contribution in [0.3, 0.4) is 0 Å². The topological polar surface area (TPSA) is 88.2 Å². The summed E-state index contributed by atoms with van der Waals surface area (Å²) in [6, 6.07) is 21.0. The fourth-order valence-corrected chi connectivity index (χ4v) is 3.71. The second-order valence-corrected chi connectivity index (χ2v) is 7.00. The van der Waals surface area contributed by atoms with Crippen molar-refractivity contribution >= 4 is 21.8 Å². The SMILES string of the molecule is O=c1c2ccccc2nc(-c2ccccc2O)n1Cc1ccc(O)c2ncccc12. The molecule has 0 amide bonds. The van der Waals surface area contributed by atoms with Crippen LogP contribution in [0.25, 0.3) is 33.2 Å². The number of aromatic hydroxyl groups is 2. The minimum absolute atomic E-state index is 0.0469. The van der Waals surface area contributed by atoms with E-state index < -0.39 is 0 Å². The van der Waals surface area contributed by atoms with Gasteiger partial charge in [-0.05, 0) is 42.0 Å². The van der Waals surface area contributed by atoms with E-state index in [9.17, 15) is 15.0 Å². The molecule has 2 heterocycles. The van der Waals surface area contributed by atoms with Gasteiger partial charge in [0, 0.05) is 11.6 Å². The number of benzene rings is 3. The molecule has 0 spiro atoms. The van der Waals surface area contributed by atoms with Gasteiger partial charge in [0.25, 0.3) is 5.56 Å². The highest BCUT2D eigenvalue weighted by Crippen LogP contribution is 2.30. The van der Waals surface area contributed by atoms with Crippen molar-refractivity contribution in [3.8, 4) is 22.9 Å². The lowest BCUT2D eigenvalue weighted by atomic mass is 10.1. The van der Waals surface area contributed by atoms with Gasteiger partial charge in [-0.15, -0.1) is 0 Å². The summed E-state index contributed by atoms with van der Waals surface area (Å²) in [7, 11) is 0. The second kappa shape index (κ2) is 7.00. The molecule has 0 aliphatic rings. The van der Waals surface area contributed by atoms with Gasteiger partial charge in [0.1, 0.15) is 22.8 Å². The predicted molar refractivity (Wildman–Crippen MR) is 116 cm³/mol. The maximum Gasteiger partial charge on any atom is 0.261 e. The van der Waals surface area contributed by atoms with E-state index in [2.05, 4.69) is 4.98 Å². The fraction of sp³-hybridized carbons (Fsp3) is 0.0417. The summed E-state index contributed by atoms with van der Waals surface area (Å²) in [5, 5.41) is 21.8. The first kappa shape index (κ1) is 17.9. The molecule has 2 N–H and O–H groups in total. The van der Waals surface area contributed by atoms with Gasteiger partial charge in [-0.3, -0.25) is 14.3 Å². The third kappa shape index (κ3) is 2.86. The maximum absolute atomic E-state index is 13.4. The van der Waals surface area contributed by atoms with Crippen LogP contribution >= 0.6 is 0 Å². The molecule has 6 nitrogen and oxygen atoms in total. The quantitative estimate of drug-likeness (QED) is 0.481. The zero-order chi connectivity index (χ0) is 20.7. The summed E-state index contributed by atoms with van der Waals surface area (Å²) in [5.74, 6) is 0.506. The summed E-state index contributed by atoms with van der Waals surface area (Å²) in [6.45, 7) is 0.211. The Morgan fingerprint density at radius 1 is 0.800 bits per heavy atom. The molecule has 146 valence electrons. The first-order valence-electron chi connectivity index (χ1n) is 9.47. The molecule has 0 aliphatic heterocycles. The first-order chi connectivity index (χ1) is 14.6. The van der Waals surface area contributed by atoms with Gasteiger partial charge in [0.15, 0.2) is 0 Å². The van der Waals surface area contributed by atoms with E-state index in [1.54, 1.807) is 71.4 Å². The number of nitrogens with zero attached hydrogens (tertiary/aromatic N) is 3. The van der Waals surface area contributed by atoms with Crippen LogP contribution in [0.15, 0.2) is 83.8 Å². The van der Waals surface area contributed by atoms with Crippen LogP contribution in [0, 0.1) is 0 Å². The van der Waals surface area contributed by atoms with Crippen molar-refractivity contribution in [1.82, 2.24) is 14.5 Å². The van der Waals surface area contributed by atoms with E-state index in [0.717, 1.165) is 10.9 Å². The van der Waals surface area contributed by atoms with Crippen molar-refractivity contribution < 1.29 is 10.2 Å². The second-order valence-electron chi connectivity index (χ2n) is 7.00.